The van der Waals surface area contributed by atoms with Crippen LogP contribution in [0.4, 0.5) is 0 Å². The summed E-state index contributed by atoms with van der Waals surface area (Å²) >= 11 is 0. The van der Waals surface area contributed by atoms with Crippen LogP contribution in [0.5, 0.6) is 0 Å². The molecule has 3 heterocycles. The van der Waals surface area contributed by atoms with Crippen molar-refractivity contribution >= 4 is 16.8 Å². The van der Waals surface area contributed by atoms with Crippen molar-refractivity contribution in [2.24, 2.45) is 0 Å². The van der Waals surface area contributed by atoms with Crippen molar-refractivity contribution in [3.05, 3.63) is 47.2 Å². The van der Waals surface area contributed by atoms with E-state index in [1.54, 1.807) is 5.57 Å². The Balaban J connectivity index is 1.50. The Morgan fingerprint density at radius 3 is 2.64 bits per heavy atom. The third kappa shape index (κ3) is 3.08. The van der Waals surface area contributed by atoms with Gasteiger partial charge in [-0.3, -0.25) is 4.79 Å². The van der Waals surface area contributed by atoms with Gasteiger partial charge in [0.1, 0.15) is 0 Å². The van der Waals surface area contributed by atoms with Crippen LogP contribution in [0.3, 0.4) is 0 Å². The number of carbonyl (C=O) groups excluding carboxylic acids is 1. The molecule has 5 rings (SSSR count). The summed E-state index contributed by atoms with van der Waals surface area (Å²) in [4.78, 5) is 17.9. The summed E-state index contributed by atoms with van der Waals surface area (Å²) in [7, 11) is 0. The Bertz CT molecular complexity index is 909. The van der Waals surface area contributed by atoms with Crippen LogP contribution in [0.25, 0.3) is 10.9 Å². The zero-order valence-corrected chi connectivity index (χ0v) is 17.0. The number of para-hydroxylation sites is 1. The van der Waals surface area contributed by atoms with Gasteiger partial charge in [-0.25, -0.2) is 0 Å². The molecule has 4 nitrogen and oxygen atoms in total. The average Bonchev–Trinajstić information content (AvgIpc) is 3.39. The molecule has 1 unspecified atom stereocenters. The number of rotatable bonds is 3. The molecule has 1 aliphatic carbocycles. The second kappa shape index (κ2) is 7.40. The lowest BCUT2D eigenvalue weighted by molar-refractivity contribution is 0.0645. The summed E-state index contributed by atoms with van der Waals surface area (Å²) in [5.41, 5.74) is 5.21. The minimum absolute atomic E-state index is 0.214. The first-order valence-electron chi connectivity index (χ1n) is 11.1. The molecule has 2 aromatic rings. The highest BCUT2D eigenvalue weighted by Crippen LogP contribution is 2.37. The Hall–Kier alpha value is -2.07. The molecule has 1 atom stereocenters. The van der Waals surface area contributed by atoms with Gasteiger partial charge in [0.2, 0.25) is 0 Å². The third-order valence-corrected chi connectivity index (χ3v) is 7.01. The summed E-state index contributed by atoms with van der Waals surface area (Å²) in [6, 6.07) is 6.93. The van der Waals surface area contributed by atoms with Gasteiger partial charge in [0.15, 0.2) is 0 Å². The van der Waals surface area contributed by atoms with Gasteiger partial charge in [-0.15, -0.1) is 0 Å². The van der Waals surface area contributed by atoms with Crippen molar-refractivity contribution in [1.29, 1.82) is 0 Å². The minimum Gasteiger partial charge on any atom is -0.340 e. The van der Waals surface area contributed by atoms with E-state index in [-0.39, 0.29) is 5.91 Å². The van der Waals surface area contributed by atoms with E-state index in [0.717, 1.165) is 56.5 Å². The van der Waals surface area contributed by atoms with E-state index >= 15 is 0 Å². The van der Waals surface area contributed by atoms with Gasteiger partial charge >= 0.3 is 0 Å². The van der Waals surface area contributed by atoms with Crippen LogP contribution >= 0.6 is 0 Å². The molecule has 0 radical (unpaired) electrons. The van der Waals surface area contributed by atoms with Crippen LogP contribution in [0, 0.1) is 0 Å². The molecule has 0 spiro atoms. The number of piperazine rings is 1. The molecule has 1 aromatic heterocycles. The molecule has 2 fully saturated rings. The molecule has 0 N–H and O–H groups in total. The fraction of sp³-hybridized carbons (Fsp3) is 0.542. The number of carbonyl (C=O) groups is 1. The zero-order chi connectivity index (χ0) is 19.1. The molecule has 148 valence electrons. The van der Waals surface area contributed by atoms with E-state index < -0.39 is 0 Å². The highest BCUT2D eigenvalue weighted by atomic mass is 16.2. The SMILES string of the molecule is CCN1CCN(C(=O)c2cn3c4c(cccc24)CCC3C=C2CCCC2)CC1. The maximum atomic E-state index is 13.4. The second-order valence-corrected chi connectivity index (χ2v) is 8.63. The maximum absolute atomic E-state index is 13.4. The maximum Gasteiger partial charge on any atom is 0.256 e. The lowest BCUT2D eigenvalue weighted by Gasteiger charge is -2.34. The fourth-order valence-corrected chi connectivity index (χ4v) is 5.33. The lowest BCUT2D eigenvalue weighted by atomic mass is 9.96. The number of aryl methyl sites for hydroxylation is 1. The van der Waals surface area contributed by atoms with Crippen molar-refractivity contribution in [1.82, 2.24) is 14.4 Å². The average molecular weight is 378 g/mol. The van der Waals surface area contributed by atoms with Gasteiger partial charge in [-0.1, -0.05) is 36.8 Å². The molecule has 28 heavy (non-hydrogen) atoms. The van der Waals surface area contributed by atoms with Gasteiger partial charge in [0.05, 0.1) is 17.1 Å². The molecular formula is C24H31N3O. The predicted octanol–water partition coefficient (Wildman–Crippen LogP) is 4.41. The highest BCUT2D eigenvalue weighted by Gasteiger charge is 2.28. The number of nitrogens with zero attached hydrogens (tertiary/aromatic N) is 3. The van der Waals surface area contributed by atoms with Crippen molar-refractivity contribution in [2.45, 2.75) is 51.5 Å². The molecule has 3 aliphatic rings. The van der Waals surface area contributed by atoms with E-state index in [2.05, 4.69) is 51.8 Å². The first-order chi connectivity index (χ1) is 13.7. The standard InChI is InChI=1S/C24H31N3O/c1-2-25-12-14-26(15-13-25)24(28)22-17-27-20(16-18-6-3-4-7-18)11-10-19-8-5-9-21(22)23(19)27/h5,8-9,16-17,20H,2-4,6-7,10-15H2,1H3. The third-order valence-electron chi connectivity index (χ3n) is 7.01. The van der Waals surface area contributed by atoms with E-state index in [1.165, 1.54) is 36.8 Å². The Morgan fingerprint density at radius 1 is 1.11 bits per heavy atom. The van der Waals surface area contributed by atoms with Gasteiger partial charge in [0.25, 0.3) is 5.91 Å². The van der Waals surface area contributed by atoms with Crippen molar-refractivity contribution < 1.29 is 4.79 Å². The molecule has 4 heteroatoms. The topological polar surface area (TPSA) is 28.5 Å². The minimum atomic E-state index is 0.214. The number of likely N-dealkylation sites (N-methyl/N-ethyl adjacent to an activating group) is 1. The van der Waals surface area contributed by atoms with Crippen LogP contribution in [0.15, 0.2) is 36.0 Å². The molecule has 1 aromatic carbocycles. The van der Waals surface area contributed by atoms with Crippen LogP contribution in [0.2, 0.25) is 0 Å². The van der Waals surface area contributed by atoms with Crippen molar-refractivity contribution in [3.63, 3.8) is 0 Å². The summed E-state index contributed by atoms with van der Waals surface area (Å²) in [6.07, 6.45) is 12.1. The smallest absolute Gasteiger partial charge is 0.256 e. The Morgan fingerprint density at radius 2 is 1.89 bits per heavy atom. The van der Waals surface area contributed by atoms with E-state index in [1.807, 2.05) is 0 Å². The summed E-state index contributed by atoms with van der Waals surface area (Å²) in [5.74, 6) is 0.214. The fourth-order valence-electron chi connectivity index (χ4n) is 5.33. The normalized spacial score (nSPS) is 22.8. The van der Waals surface area contributed by atoms with Gasteiger partial charge in [-0.05, 0) is 50.6 Å². The lowest BCUT2D eigenvalue weighted by Crippen LogP contribution is -2.48. The molecule has 1 amide bonds. The Kier molecular flexibility index (Phi) is 4.75. The van der Waals surface area contributed by atoms with E-state index in [9.17, 15) is 4.79 Å². The van der Waals surface area contributed by atoms with Crippen molar-refractivity contribution in [2.75, 3.05) is 32.7 Å². The quantitative estimate of drug-likeness (QED) is 0.742. The number of hydrogen-bond donors (Lipinski definition) is 0. The highest BCUT2D eigenvalue weighted by molar-refractivity contribution is 6.08. The first-order valence-corrected chi connectivity index (χ1v) is 11.1. The van der Waals surface area contributed by atoms with Gasteiger partial charge in [0, 0.05) is 37.8 Å². The molecule has 1 saturated carbocycles. The number of aromatic nitrogens is 1. The molecule has 2 aliphatic heterocycles. The summed E-state index contributed by atoms with van der Waals surface area (Å²) in [5, 5.41) is 1.15. The number of hydrogen-bond acceptors (Lipinski definition) is 2. The second-order valence-electron chi connectivity index (χ2n) is 8.63. The van der Waals surface area contributed by atoms with Gasteiger partial charge < -0.3 is 14.4 Å². The first kappa shape index (κ1) is 18.0. The summed E-state index contributed by atoms with van der Waals surface area (Å²) < 4.78 is 2.41. The van der Waals surface area contributed by atoms with Crippen LogP contribution in [-0.4, -0.2) is 53.0 Å². The van der Waals surface area contributed by atoms with E-state index in [4.69, 9.17) is 0 Å². The molecule has 0 bridgehead atoms. The summed E-state index contributed by atoms with van der Waals surface area (Å²) in [6.45, 7) is 6.92. The predicted molar refractivity (Wildman–Crippen MR) is 114 cm³/mol. The Labute approximate surface area is 167 Å². The van der Waals surface area contributed by atoms with Crippen LogP contribution in [0.1, 0.15) is 61.0 Å². The monoisotopic (exact) mass is 377 g/mol. The van der Waals surface area contributed by atoms with Crippen LogP contribution in [-0.2, 0) is 6.42 Å². The molecule has 1 saturated heterocycles. The zero-order valence-electron chi connectivity index (χ0n) is 17.0. The van der Waals surface area contributed by atoms with Gasteiger partial charge in [-0.2, -0.15) is 0 Å². The molecular weight excluding hydrogens is 346 g/mol. The van der Waals surface area contributed by atoms with E-state index in [0.29, 0.717) is 6.04 Å². The van der Waals surface area contributed by atoms with Crippen molar-refractivity contribution in [3.8, 4) is 0 Å². The largest absolute Gasteiger partial charge is 0.340 e. The number of allylic oxidation sites excluding steroid dienone is 2. The van der Waals surface area contributed by atoms with Crippen LogP contribution < -0.4 is 0 Å². The number of benzene rings is 1. The number of amides is 1.